The van der Waals surface area contributed by atoms with Gasteiger partial charge in [0.15, 0.2) is 0 Å². The number of hydrogen-bond donors (Lipinski definition) is 0. The molecule has 0 atom stereocenters. The van der Waals surface area contributed by atoms with Crippen molar-refractivity contribution in [2.45, 2.75) is 6.92 Å². The van der Waals surface area contributed by atoms with Crippen LogP contribution in [0.15, 0.2) is 24.3 Å². The van der Waals surface area contributed by atoms with Gasteiger partial charge in [-0.15, -0.1) is 0 Å². The summed E-state index contributed by atoms with van der Waals surface area (Å²) in [4.78, 5) is 10.8. The molecule has 2 nitrogen and oxygen atoms in total. The van der Waals surface area contributed by atoms with Gasteiger partial charge < -0.3 is 4.74 Å². The SMILES string of the molecule is [CH2]OC(=O)c1ccc(C)cc1. The molecule has 0 bridgehead atoms. The molecule has 0 spiro atoms. The lowest BCUT2D eigenvalue weighted by molar-refractivity contribution is 0.0654. The van der Waals surface area contributed by atoms with Gasteiger partial charge in [0, 0.05) is 0 Å². The monoisotopic (exact) mass is 149 g/mol. The molecule has 0 saturated carbocycles. The van der Waals surface area contributed by atoms with Crippen LogP contribution >= 0.6 is 0 Å². The Hall–Kier alpha value is -1.31. The van der Waals surface area contributed by atoms with E-state index >= 15 is 0 Å². The topological polar surface area (TPSA) is 26.3 Å². The molecule has 1 aromatic rings. The number of carbonyl (C=O) groups is 1. The quantitative estimate of drug-likeness (QED) is 0.570. The average molecular weight is 149 g/mol. The minimum Gasteiger partial charge on any atom is -0.458 e. The summed E-state index contributed by atoms with van der Waals surface area (Å²) in [7, 11) is 3.03. The molecule has 0 aliphatic rings. The van der Waals surface area contributed by atoms with Crippen molar-refractivity contribution >= 4 is 5.97 Å². The standard InChI is InChI=1S/C9H9O2/c1-7-3-5-8(6-4-7)9(10)11-2/h3-6H,2H2,1H3. The number of benzene rings is 1. The molecule has 0 heterocycles. The summed E-state index contributed by atoms with van der Waals surface area (Å²) in [6.07, 6.45) is 0. The third kappa shape index (κ3) is 1.80. The van der Waals surface area contributed by atoms with Crippen LogP contribution in [0.4, 0.5) is 0 Å². The maximum Gasteiger partial charge on any atom is 0.338 e. The summed E-state index contributed by atoms with van der Waals surface area (Å²) >= 11 is 0. The summed E-state index contributed by atoms with van der Waals surface area (Å²) in [5.41, 5.74) is 1.65. The summed E-state index contributed by atoms with van der Waals surface area (Å²) < 4.78 is 4.29. The molecule has 0 unspecified atom stereocenters. The lowest BCUT2D eigenvalue weighted by atomic mass is 10.2. The third-order valence-corrected chi connectivity index (χ3v) is 1.42. The van der Waals surface area contributed by atoms with Crippen molar-refractivity contribution in [3.05, 3.63) is 42.5 Å². The molecule has 0 amide bonds. The van der Waals surface area contributed by atoms with Crippen molar-refractivity contribution in [1.82, 2.24) is 0 Å². The van der Waals surface area contributed by atoms with Gasteiger partial charge in [0.1, 0.15) is 7.11 Å². The van der Waals surface area contributed by atoms with Gasteiger partial charge >= 0.3 is 5.97 Å². The molecule has 1 rings (SSSR count). The van der Waals surface area contributed by atoms with Crippen molar-refractivity contribution < 1.29 is 9.53 Å². The summed E-state index contributed by atoms with van der Waals surface area (Å²) in [6, 6.07) is 7.13. The van der Waals surface area contributed by atoms with Crippen molar-refractivity contribution in [3.63, 3.8) is 0 Å². The van der Waals surface area contributed by atoms with Crippen LogP contribution in [-0.4, -0.2) is 5.97 Å². The zero-order valence-electron chi connectivity index (χ0n) is 6.33. The largest absolute Gasteiger partial charge is 0.458 e. The van der Waals surface area contributed by atoms with Gasteiger partial charge in [-0.2, -0.15) is 0 Å². The van der Waals surface area contributed by atoms with E-state index in [-0.39, 0.29) is 0 Å². The molecule has 0 N–H and O–H groups in total. The smallest absolute Gasteiger partial charge is 0.338 e. The van der Waals surface area contributed by atoms with E-state index in [2.05, 4.69) is 11.8 Å². The van der Waals surface area contributed by atoms with E-state index in [1.54, 1.807) is 12.1 Å². The molecular weight excluding hydrogens is 140 g/mol. The number of esters is 1. The lowest BCUT2D eigenvalue weighted by Crippen LogP contribution is -1.98. The maximum absolute atomic E-state index is 10.8. The Morgan fingerprint density at radius 1 is 1.36 bits per heavy atom. The van der Waals surface area contributed by atoms with Crippen molar-refractivity contribution in [1.29, 1.82) is 0 Å². The molecule has 1 aromatic carbocycles. The number of carbonyl (C=O) groups excluding carboxylic acids is 1. The molecule has 2 heteroatoms. The summed E-state index contributed by atoms with van der Waals surface area (Å²) in [5.74, 6) is -0.398. The van der Waals surface area contributed by atoms with Gasteiger partial charge in [0.2, 0.25) is 0 Å². The highest BCUT2D eigenvalue weighted by Crippen LogP contribution is 2.03. The fourth-order valence-corrected chi connectivity index (χ4v) is 0.773. The Kier molecular flexibility index (Phi) is 2.26. The molecular formula is C9H9O2. The van der Waals surface area contributed by atoms with E-state index in [9.17, 15) is 4.79 Å². The number of ether oxygens (including phenoxy) is 1. The predicted molar refractivity (Wildman–Crippen MR) is 42.0 cm³/mol. The van der Waals surface area contributed by atoms with Crippen LogP contribution in [0.3, 0.4) is 0 Å². The number of aryl methyl sites for hydroxylation is 1. The number of hydrogen-bond acceptors (Lipinski definition) is 2. The van der Waals surface area contributed by atoms with Gasteiger partial charge in [0.25, 0.3) is 0 Å². The van der Waals surface area contributed by atoms with E-state index in [0.29, 0.717) is 5.56 Å². The van der Waals surface area contributed by atoms with Crippen molar-refractivity contribution in [2.75, 3.05) is 0 Å². The first kappa shape index (κ1) is 7.79. The molecule has 1 radical (unpaired) electrons. The van der Waals surface area contributed by atoms with Gasteiger partial charge in [-0.3, -0.25) is 0 Å². The van der Waals surface area contributed by atoms with Gasteiger partial charge in [-0.1, -0.05) is 17.7 Å². The van der Waals surface area contributed by atoms with Crippen LogP contribution < -0.4 is 0 Å². The van der Waals surface area contributed by atoms with E-state index in [1.165, 1.54) is 0 Å². The van der Waals surface area contributed by atoms with Crippen molar-refractivity contribution in [2.24, 2.45) is 0 Å². The molecule has 0 fully saturated rings. The molecule has 0 aliphatic heterocycles. The van der Waals surface area contributed by atoms with E-state index in [1.807, 2.05) is 19.1 Å². The normalized spacial score (nSPS) is 9.27. The highest BCUT2D eigenvalue weighted by molar-refractivity contribution is 5.89. The van der Waals surface area contributed by atoms with Gasteiger partial charge in [0.05, 0.1) is 5.56 Å². The maximum atomic E-state index is 10.8. The zero-order chi connectivity index (χ0) is 8.27. The second kappa shape index (κ2) is 3.19. The van der Waals surface area contributed by atoms with E-state index in [0.717, 1.165) is 5.56 Å². The van der Waals surface area contributed by atoms with Crippen LogP contribution in [0.2, 0.25) is 0 Å². The van der Waals surface area contributed by atoms with Gasteiger partial charge in [-0.25, -0.2) is 4.79 Å². The first-order valence-corrected chi connectivity index (χ1v) is 3.27. The number of rotatable bonds is 1. The summed E-state index contributed by atoms with van der Waals surface area (Å²) in [6.45, 7) is 1.96. The molecule has 0 aliphatic carbocycles. The molecule has 0 saturated heterocycles. The average Bonchev–Trinajstić information content (AvgIpc) is 2.05. The fourth-order valence-electron chi connectivity index (χ4n) is 0.773. The minimum absolute atomic E-state index is 0.398. The second-order valence-electron chi connectivity index (χ2n) is 2.30. The van der Waals surface area contributed by atoms with Crippen LogP contribution in [-0.2, 0) is 4.74 Å². The Labute approximate surface area is 65.8 Å². The Morgan fingerprint density at radius 2 is 1.91 bits per heavy atom. The van der Waals surface area contributed by atoms with Crippen LogP contribution in [0, 0.1) is 14.0 Å². The van der Waals surface area contributed by atoms with Crippen LogP contribution in [0.5, 0.6) is 0 Å². The first-order valence-electron chi connectivity index (χ1n) is 3.27. The fraction of sp³-hybridized carbons (Fsp3) is 0.111. The van der Waals surface area contributed by atoms with Crippen molar-refractivity contribution in [3.8, 4) is 0 Å². The van der Waals surface area contributed by atoms with E-state index < -0.39 is 5.97 Å². The molecule has 0 aromatic heterocycles. The second-order valence-corrected chi connectivity index (χ2v) is 2.30. The zero-order valence-corrected chi connectivity index (χ0v) is 6.33. The minimum atomic E-state index is -0.398. The molecule has 11 heavy (non-hydrogen) atoms. The Morgan fingerprint density at radius 3 is 2.36 bits per heavy atom. The van der Waals surface area contributed by atoms with Crippen LogP contribution in [0.25, 0.3) is 0 Å². The summed E-state index contributed by atoms with van der Waals surface area (Å²) in [5, 5.41) is 0. The highest BCUT2D eigenvalue weighted by Gasteiger charge is 2.02. The third-order valence-electron chi connectivity index (χ3n) is 1.42. The highest BCUT2D eigenvalue weighted by atomic mass is 16.5. The Balaban J connectivity index is 2.90. The van der Waals surface area contributed by atoms with Gasteiger partial charge in [-0.05, 0) is 19.1 Å². The Bertz CT molecular complexity index is 249. The van der Waals surface area contributed by atoms with E-state index in [4.69, 9.17) is 0 Å². The first-order chi connectivity index (χ1) is 5.24. The lowest BCUT2D eigenvalue weighted by Gasteiger charge is -1.97. The predicted octanol–water partition coefficient (Wildman–Crippen LogP) is 1.94. The van der Waals surface area contributed by atoms with Crippen LogP contribution in [0.1, 0.15) is 15.9 Å². The molecule has 57 valence electrons.